The third-order valence-electron chi connectivity index (χ3n) is 3.07. The van der Waals surface area contributed by atoms with Crippen LogP contribution in [0.3, 0.4) is 0 Å². The predicted octanol–water partition coefficient (Wildman–Crippen LogP) is 1.47. The lowest BCUT2D eigenvalue weighted by Gasteiger charge is -2.33. The lowest BCUT2D eigenvalue weighted by molar-refractivity contribution is -0.0507. The van der Waals surface area contributed by atoms with Crippen molar-refractivity contribution in [2.45, 2.75) is 37.9 Å². The molecule has 2 aliphatic heterocycles. The van der Waals surface area contributed by atoms with Crippen molar-refractivity contribution in [1.29, 1.82) is 0 Å². The SMILES string of the molecule is C=C1CC2(CCNCC2)OC1C. The van der Waals surface area contributed by atoms with Gasteiger partial charge in [-0.05, 0) is 44.8 Å². The summed E-state index contributed by atoms with van der Waals surface area (Å²) >= 11 is 0. The molecule has 68 valence electrons. The minimum Gasteiger partial charge on any atom is -0.367 e. The van der Waals surface area contributed by atoms with E-state index in [1.165, 1.54) is 5.57 Å². The maximum absolute atomic E-state index is 5.96. The van der Waals surface area contributed by atoms with Gasteiger partial charge in [-0.1, -0.05) is 6.58 Å². The minimum atomic E-state index is 0.155. The Labute approximate surface area is 74.0 Å². The summed E-state index contributed by atoms with van der Waals surface area (Å²) in [6.07, 6.45) is 3.66. The molecule has 2 saturated heterocycles. The van der Waals surface area contributed by atoms with Gasteiger partial charge in [-0.3, -0.25) is 0 Å². The second-order valence-corrected chi connectivity index (χ2v) is 4.03. The number of piperidine rings is 1. The normalized spacial score (nSPS) is 34.4. The van der Waals surface area contributed by atoms with E-state index in [-0.39, 0.29) is 11.7 Å². The summed E-state index contributed by atoms with van der Waals surface area (Å²) in [5.41, 5.74) is 1.43. The van der Waals surface area contributed by atoms with E-state index in [0.29, 0.717) is 0 Å². The summed E-state index contributed by atoms with van der Waals surface area (Å²) < 4.78 is 5.96. The lowest BCUT2D eigenvalue weighted by Crippen LogP contribution is -2.41. The van der Waals surface area contributed by atoms with Crippen LogP contribution in [0.25, 0.3) is 0 Å². The first-order chi connectivity index (χ1) is 5.72. The second-order valence-electron chi connectivity index (χ2n) is 4.03. The minimum absolute atomic E-state index is 0.155. The predicted molar refractivity (Wildman–Crippen MR) is 49.1 cm³/mol. The Morgan fingerprint density at radius 2 is 2.17 bits per heavy atom. The van der Waals surface area contributed by atoms with Crippen molar-refractivity contribution in [3.05, 3.63) is 12.2 Å². The molecule has 2 nitrogen and oxygen atoms in total. The molecule has 2 heterocycles. The summed E-state index contributed by atoms with van der Waals surface area (Å²) in [5.74, 6) is 0. The Balaban J connectivity index is 2.07. The quantitative estimate of drug-likeness (QED) is 0.552. The van der Waals surface area contributed by atoms with Crippen LogP contribution in [-0.4, -0.2) is 24.8 Å². The molecule has 0 saturated carbocycles. The van der Waals surface area contributed by atoms with Crippen LogP contribution in [0.5, 0.6) is 0 Å². The summed E-state index contributed by atoms with van der Waals surface area (Å²) in [7, 11) is 0. The summed E-state index contributed by atoms with van der Waals surface area (Å²) in [6, 6.07) is 0. The molecular weight excluding hydrogens is 150 g/mol. The maximum Gasteiger partial charge on any atom is 0.0763 e. The molecule has 1 N–H and O–H groups in total. The van der Waals surface area contributed by atoms with E-state index in [1.807, 2.05) is 0 Å². The molecule has 0 aromatic heterocycles. The Bertz CT molecular complexity index is 194. The van der Waals surface area contributed by atoms with Crippen molar-refractivity contribution in [3.8, 4) is 0 Å². The molecule has 1 spiro atoms. The Hall–Kier alpha value is -0.340. The van der Waals surface area contributed by atoms with Gasteiger partial charge in [-0.15, -0.1) is 0 Å². The first kappa shape index (κ1) is 8.27. The zero-order valence-electron chi connectivity index (χ0n) is 7.73. The fraction of sp³-hybridized carbons (Fsp3) is 0.800. The molecule has 2 aliphatic rings. The van der Waals surface area contributed by atoms with E-state index in [0.717, 1.165) is 32.4 Å². The fourth-order valence-electron chi connectivity index (χ4n) is 2.23. The van der Waals surface area contributed by atoms with Crippen molar-refractivity contribution in [2.75, 3.05) is 13.1 Å². The van der Waals surface area contributed by atoms with Gasteiger partial charge < -0.3 is 10.1 Å². The Morgan fingerprint density at radius 1 is 1.50 bits per heavy atom. The summed E-state index contributed by atoms with van der Waals surface area (Å²) in [6.45, 7) is 8.34. The summed E-state index contributed by atoms with van der Waals surface area (Å²) in [4.78, 5) is 0. The number of ether oxygens (including phenoxy) is 1. The Kier molecular flexibility index (Phi) is 1.97. The lowest BCUT2D eigenvalue weighted by atomic mass is 9.88. The molecule has 2 fully saturated rings. The van der Waals surface area contributed by atoms with Gasteiger partial charge in [0, 0.05) is 0 Å². The molecule has 0 bridgehead atoms. The number of hydrogen-bond acceptors (Lipinski definition) is 2. The number of rotatable bonds is 0. The molecule has 2 heteroatoms. The first-order valence-corrected chi connectivity index (χ1v) is 4.78. The molecule has 1 unspecified atom stereocenters. The molecule has 12 heavy (non-hydrogen) atoms. The van der Waals surface area contributed by atoms with Crippen LogP contribution >= 0.6 is 0 Å². The van der Waals surface area contributed by atoms with E-state index < -0.39 is 0 Å². The highest BCUT2D eigenvalue weighted by atomic mass is 16.5. The van der Waals surface area contributed by atoms with Gasteiger partial charge in [-0.2, -0.15) is 0 Å². The average Bonchev–Trinajstić information content (AvgIpc) is 2.29. The van der Waals surface area contributed by atoms with Gasteiger partial charge in [0.25, 0.3) is 0 Å². The van der Waals surface area contributed by atoms with Gasteiger partial charge in [0.2, 0.25) is 0 Å². The molecule has 0 radical (unpaired) electrons. The first-order valence-electron chi connectivity index (χ1n) is 4.78. The largest absolute Gasteiger partial charge is 0.367 e. The number of nitrogens with one attached hydrogen (secondary N) is 1. The summed E-state index contributed by atoms with van der Waals surface area (Å²) in [5, 5.41) is 3.36. The fourth-order valence-corrected chi connectivity index (χ4v) is 2.23. The van der Waals surface area contributed by atoms with Crippen molar-refractivity contribution < 1.29 is 4.74 Å². The molecule has 0 aromatic carbocycles. The molecule has 2 rings (SSSR count). The molecule has 0 amide bonds. The standard InChI is InChI=1S/C10H17NO/c1-8-7-10(12-9(8)2)3-5-11-6-4-10/h9,11H,1,3-7H2,2H3. The van der Waals surface area contributed by atoms with Crippen LogP contribution in [0.4, 0.5) is 0 Å². The second kappa shape index (κ2) is 2.86. The highest BCUT2D eigenvalue weighted by Gasteiger charge is 2.41. The van der Waals surface area contributed by atoms with E-state index in [2.05, 4.69) is 18.8 Å². The van der Waals surface area contributed by atoms with Crippen LogP contribution in [-0.2, 0) is 4.74 Å². The van der Waals surface area contributed by atoms with Crippen molar-refractivity contribution in [3.63, 3.8) is 0 Å². The average molecular weight is 167 g/mol. The van der Waals surface area contributed by atoms with Gasteiger partial charge in [0.15, 0.2) is 0 Å². The molecule has 0 aliphatic carbocycles. The van der Waals surface area contributed by atoms with Crippen LogP contribution in [0, 0.1) is 0 Å². The van der Waals surface area contributed by atoms with E-state index in [4.69, 9.17) is 4.74 Å². The van der Waals surface area contributed by atoms with E-state index >= 15 is 0 Å². The third kappa shape index (κ3) is 1.29. The van der Waals surface area contributed by atoms with Crippen molar-refractivity contribution in [1.82, 2.24) is 5.32 Å². The molecular formula is C10H17NO. The zero-order chi connectivity index (χ0) is 8.60. The van der Waals surface area contributed by atoms with Gasteiger partial charge in [0.1, 0.15) is 0 Å². The van der Waals surface area contributed by atoms with E-state index in [9.17, 15) is 0 Å². The van der Waals surface area contributed by atoms with Crippen LogP contribution in [0.2, 0.25) is 0 Å². The highest BCUT2D eigenvalue weighted by molar-refractivity contribution is 5.13. The number of hydrogen-bond donors (Lipinski definition) is 1. The zero-order valence-corrected chi connectivity index (χ0v) is 7.73. The highest BCUT2D eigenvalue weighted by Crippen LogP contribution is 2.39. The maximum atomic E-state index is 5.96. The monoisotopic (exact) mass is 167 g/mol. The topological polar surface area (TPSA) is 21.3 Å². The van der Waals surface area contributed by atoms with Crippen molar-refractivity contribution >= 4 is 0 Å². The third-order valence-corrected chi connectivity index (χ3v) is 3.07. The molecule has 0 aromatic rings. The van der Waals surface area contributed by atoms with Gasteiger partial charge in [0.05, 0.1) is 11.7 Å². The smallest absolute Gasteiger partial charge is 0.0763 e. The Morgan fingerprint density at radius 3 is 2.67 bits per heavy atom. The van der Waals surface area contributed by atoms with Crippen LogP contribution in [0.15, 0.2) is 12.2 Å². The van der Waals surface area contributed by atoms with Crippen LogP contribution in [0.1, 0.15) is 26.2 Å². The van der Waals surface area contributed by atoms with Crippen molar-refractivity contribution in [2.24, 2.45) is 0 Å². The van der Waals surface area contributed by atoms with Gasteiger partial charge >= 0.3 is 0 Å². The molecule has 1 atom stereocenters. The van der Waals surface area contributed by atoms with Gasteiger partial charge in [-0.25, -0.2) is 0 Å². The van der Waals surface area contributed by atoms with Crippen LogP contribution < -0.4 is 5.32 Å². The van der Waals surface area contributed by atoms with E-state index in [1.54, 1.807) is 0 Å².